The fraction of sp³-hybridized carbons (Fsp3) is 0. The molecular formula is C16H13N3O2. The molecule has 1 aromatic heterocycles. The molecule has 1 heterocycles. The topological polar surface area (TPSA) is 77.5 Å². The molecule has 0 fully saturated rings. The number of carbonyl (C=O) groups excluding carboxylic acids is 1. The highest BCUT2D eigenvalue weighted by Crippen LogP contribution is 2.24. The van der Waals surface area contributed by atoms with Gasteiger partial charge in [-0.2, -0.15) is 5.10 Å². The molecular weight excluding hydrogens is 266 g/mol. The second-order valence-corrected chi connectivity index (χ2v) is 4.54. The van der Waals surface area contributed by atoms with Crippen LogP contribution in [0.5, 0.6) is 5.75 Å². The summed E-state index contributed by atoms with van der Waals surface area (Å²) in [6, 6.07) is 14.4. The number of aromatic nitrogens is 1. The molecule has 3 aromatic rings. The fourth-order valence-corrected chi connectivity index (χ4v) is 2.06. The lowest BCUT2D eigenvalue weighted by Gasteiger charge is -2.05. The third-order valence-corrected chi connectivity index (χ3v) is 3.10. The highest BCUT2D eigenvalue weighted by molar-refractivity contribution is 6.01. The van der Waals surface area contributed by atoms with E-state index >= 15 is 0 Å². The van der Waals surface area contributed by atoms with Crippen molar-refractivity contribution in [3.8, 4) is 5.75 Å². The molecule has 1 amide bonds. The van der Waals surface area contributed by atoms with Crippen LogP contribution in [0.3, 0.4) is 0 Å². The molecule has 21 heavy (non-hydrogen) atoms. The molecule has 0 radical (unpaired) electrons. The van der Waals surface area contributed by atoms with Crippen LogP contribution in [0, 0.1) is 0 Å². The molecule has 0 atom stereocenters. The Morgan fingerprint density at radius 3 is 2.62 bits per heavy atom. The van der Waals surface area contributed by atoms with Crippen molar-refractivity contribution in [1.29, 1.82) is 0 Å². The number of nitrogens with zero attached hydrogens (tertiary/aromatic N) is 1. The second kappa shape index (κ2) is 5.50. The van der Waals surface area contributed by atoms with Crippen molar-refractivity contribution in [2.75, 3.05) is 0 Å². The van der Waals surface area contributed by atoms with E-state index in [1.54, 1.807) is 18.3 Å². The van der Waals surface area contributed by atoms with Crippen LogP contribution in [0.1, 0.15) is 16.1 Å². The number of amides is 1. The quantitative estimate of drug-likeness (QED) is 0.509. The lowest BCUT2D eigenvalue weighted by molar-refractivity contribution is 0.0952. The summed E-state index contributed by atoms with van der Waals surface area (Å²) in [7, 11) is 0. The first-order valence-electron chi connectivity index (χ1n) is 6.42. The standard InChI is InChI=1S/C16H13N3O2/c20-15-9-12-5-2-1-4-11(12)8-14(15)16(21)19-18-10-13-6-3-7-17-13/h1-10,17,20H,(H,19,21)/b18-10-. The van der Waals surface area contributed by atoms with Crippen LogP contribution in [-0.4, -0.2) is 22.2 Å². The molecule has 5 heteroatoms. The predicted octanol–water partition coefficient (Wildman–Crippen LogP) is 2.64. The van der Waals surface area contributed by atoms with Crippen molar-refractivity contribution in [2.24, 2.45) is 5.10 Å². The number of phenolic OH excluding ortho intramolecular Hbond substituents is 1. The van der Waals surface area contributed by atoms with E-state index in [4.69, 9.17) is 0 Å². The Bertz CT molecular complexity index is 808. The van der Waals surface area contributed by atoms with Gasteiger partial charge in [-0.1, -0.05) is 24.3 Å². The van der Waals surface area contributed by atoms with Crippen LogP contribution >= 0.6 is 0 Å². The van der Waals surface area contributed by atoms with Gasteiger partial charge in [0.15, 0.2) is 0 Å². The average molecular weight is 279 g/mol. The lowest BCUT2D eigenvalue weighted by Crippen LogP contribution is -2.17. The maximum absolute atomic E-state index is 12.0. The number of carbonyl (C=O) groups is 1. The van der Waals surface area contributed by atoms with E-state index in [-0.39, 0.29) is 11.3 Å². The van der Waals surface area contributed by atoms with Crippen molar-refractivity contribution in [3.63, 3.8) is 0 Å². The summed E-state index contributed by atoms with van der Waals surface area (Å²) in [4.78, 5) is 15.0. The lowest BCUT2D eigenvalue weighted by atomic mass is 10.1. The highest BCUT2D eigenvalue weighted by Gasteiger charge is 2.11. The average Bonchev–Trinajstić information content (AvgIpc) is 2.99. The van der Waals surface area contributed by atoms with Crippen LogP contribution in [0.4, 0.5) is 0 Å². The summed E-state index contributed by atoms with van der Waals surface area (Å²) < 4.78 is 0. The number of rotatable bonds is 3. The fourth-order valence-electron chi connectivity index (χ4n) is 2.06. The molecule has 104 valence electrons. The number of aromatic hydroxyl groups is 1. The van der Waals surface area contributed by atoms with Crippen molar-refractivity contribution in [3.05, 3.63) is 66.0 Å². The Hall–Kier alpha value is -3.08. The minimum atomic E-state index is -0.457. The first-order valence-corrected chi connectivity index (χ1v) is 6.42. The first kappa shape index (κ1) is 12.9. The molecule has 0 saturated carbocycles. The maximum atomic E-state index is 12.0. The number of phenols is 1. The molecule has 0 aliphatic heterocycles. The van der Waals surface area contributed by atoms with Gasteiger partial charge in [-0.15, -0.1) is 0 Å². The SMILES string of the molecule is O=C(N/N=C\c1ccc[nH]1)c1cc2ccccc2cc1O. The highest BCUT2D eigenvalue weighted by atomic mass is 16.3. The molecule has 0 spiro atoms. The van der Waals surface area contributed by atoms with E-state index in [1.165, 1.54) is 6.21 Å². The number of H-pyrrole nitrogens is 1. The van der Waals surface area contributed by atoms with Crippen molar-refractivity contribution >= 4 is 22.9 Å². The molecule has 0 saturated heterocycles. The van der Waals surface area contributed by atoms with Crippen LogP contribution in [0.25, 0.3) is 10.8 Å². The van der Waals surface area contributed by atoms with Gasteiger partial charge in [-0.05, 0) is 35.0 Å². The molecule has 0 aliphatic rings. The molecule has 0 bridgehead atoms. The Labute approximate surface area is 120 Å². The summed E-state index contributed by atoms with van der Waals surface area (Å²) in [5.41, 5.74) is 3.36. The van der Waals surface area contributed by atoms with Crippen molar-refractivity contribution in [2.45, 2.75) is 0 Å². The molecule has 0 aliphatic carbocycles. The maximum Gasteiger partial charge on any atom is 0.275 e. The smallest absolute Gasteiger partial charge is 0.275 e. The third kappa shape index (κ3) is 2.76. The van der Waals surface area contributed by atoms with E-state index in [9.17, 15) is 9.90 Å². The predicted molar refractivity (Wildman–Crippen MR) is 81.5 cm³/mol. The zero-order valence-electron chi connectivity index (χ0n) is 11.1. The number of nitrogens with one attached hydrogen (secondary N) is 2. The van der Waals surface area contributed by atoms with Crippen LogP contribution in [0.2, 0.25) is 0 Å². The number of hydrazone groups is 1. The zero-order valence-corrected chi connectivity index (χ0v) is 11.1. The first-order chi connectivity index (χ1) is 10.2. The normalized spacial score (nSPS) is 11.0. The van der Waals surface area contributed by atoms with Gasteiger partial charge >= 0.3 is 0 Å². The molecule has 2 aromatic carbocycles. The summed E-state index contributed by atoms with van der Waals surface area (Å²) in [6.07, 6.45) is 3.26. The minimum Gasteiger partial charge on any atom is -0.507 e. The number of hydrogen-bond acceptors (Lipinski definition) is 3. The Balaban J connectivity index is 1.82. The van der Waals surface area contributed by atoms with Crippen LogP contribution in [-0.2, 0) is 0 Å². The third-order valence-electron chi connectivity index (χ3n) is 3.10. The minimum absolute atomic E-state index is 0.0683. The van der Waals surface area contributed by atoms with E-state index in [1.807, 2.05) is 36.4 Å². The number of aromatic amines is 1. The van der Waals surface area contributed by atoms with E-state index in [0.29, 0.717) is 0 Å². The summed E-state index contributed by atoms with van der Waals surface area (Å²) in [5.74, 6) is -0.526. The van der Waals surface area contributed by atoms with Gasteiger partial charge in [-0.25, -0.2) is 5.43 Å². The van der Waals surface area contributed by atoms with E-state index < -0.39 is 5.91 Å². The monoisotopic (exact) mass is 279 g/mol. The number of hydrogen-bond donors (Lipinski definition) is 3. The van der Waals surface area contributed by atoms with Crippen molar-refractivity contribution < 1.29 is 9.90 Å². The van der Waals surface area contributed by atoms with Gasteiger partial charge in [-0.3, -0.25) is 4.79 Å². The molecule has 5 nitrogen and oxygen atoms in total. The van der Waals surface area contributed by atoms with E-state index in [0.717, 1.165) is 16.5 Å². The summed E-state index contributed by atoms with van der Waals surface area (Å²) >= 11 is 0. The van der Waals surface area contributed by atoms with Crippen molar-refractivity contribution in [1.82, 2.24) is 10.4 Å². The van der Waals surface area contributed by atoms with Gasteiger partial charge in [0.05, 0.1) is 17.5 Å². The van der Waals surface area contributed by atoms with Gasteiger partial charge in [0, 0.05) is 6.20 Å². The van der Waals surface area contributed by atoms with Gasteiger partial charge in [0.25, 0.3) is 5.91 Å². The molecule has 0 unspecified atom stereocenters. The summed E-state index contributed by atoms with van der Waals surface area (Å²) in [6.45, 7) is 0. The second-order valence-electron chi connectivity index (χ2n) is 4.54. The van der Waals surface area contributed by atoms with Gasteiger partial charge in [0.2, 0.25) is 0 Å². The Kier molecular flexibility index (Phi) is 3.39. The summed E-state index contributed by atoms with van der Waals surface area (Å²) in [5, 5.41) is 15.5. The van der Waals surface area contributed by atoms with Gasteiger partial charge in [0.1, 0.15) is 5.75 Å². The number of benzene rings is 2. The van der Waals surface area contributed by atoms with E-state index in [2.05, 4.69) is 15.5 Å². The molecule has 3 rings (SSSR count). The Morgan fingerprint density at radius 1 is 1.14 bits per heavy atom. The Morgan fingerprint density at radius 2 is 1.90 bits per heavy atom. The van der Waals surface area contributed by atoms with Crippen LogP contribution in [0.15, 0.2) is 59.8 Å². The zero-order chi connectivity index (χ0) is 14.7. The van der Waals surface area contributed by atoms with Gasteiger partial charge < -0.3 is 10.1 Å². The number of fused-ring (bicyclic) bond motifs is 1. The van der Waals surface area contributed by atoms with Crippen LogP contribution < -0.4 is 5.43 Å². The largest absolute Gasteiger partial charge is 0.507 e. The molecule has 3 N–H and O–H groups in total.